The van der Waals surface area contributed by atoms with Gasteiger partial charge in [0.2, 0.25) is 0 Å². The zero-order chi connectivity index (χ0) is 15.9. The molecule has 0 N–H and O–H groups in total. The van der Waals surface area contributed by atoms with Crippen molar-refractivity contribution < 1.29 is 9.59 Å². The molecule has 0 saturated carbocycles. The first kappa shape index (κ1) is 16.0. The smallest absolute Gasteiger partial charge is 0.258 e. The highest BCUT2D eigenvalue weighted by Crippen LogP contribution is 2.23. The van der Waals surface area contributed by atoms with E-state index in [1.54, 1.807) is 30.1 Å². The lowest BCUT2D eigenvalue weighted by Gasteiger charge is -2.20. The van der Waals surface area contributed by atoms with E-state index in [0.29, 0.717) is 23.2 Å². The fourth-order valence-corrected chi connectivity index (χ4v) is 2.36. The van der Waals surface area contributed by atoms with Crippen LogP contribution >= 0.6 is 0 Å². The summed E-state index contributed by atoms with van der Waals surface area (Å²) in [5, 5.41) is 0. The van der Waals surface area contributed by atoms with Gasteiger partial charge in [0.25, 0.3) is 5.91 Å². The van der Waals surface area contributed by atoms with E-state index in [9.17, 15) is 9.59 Å². The summed E-state index contributed by atoms with van der Waals surface area (Å²) in [4.78, 5) is 26.4. The molecule has 0 atom stereocenters. The van der Waals surface area contributed by atoms with Crippen LogP contribution in [-0.4, -0.2) is 18.7 Å². The number of unbranched alkanes of at least 4 members (excludes halogenated alkanes) is 1. The fraction of sp³-hybridized carbons (Fsp3) is 0.263. The third-order valence-electron chi connectivity index (χ3n) is 3.65. The van der Waals surface area contributed by atoms with Crippen LogP contribution in [0.3, 0.4) is 0 Å². The summed E-state index contributed by atoms with van der Waals surface area (Å²) in [5.74, 6) is -0.0264. The molecule has 0 aliphatic heterocycles. The van der Waals surface area contributed by atoms with Gasteiger partial charge in [0.05, 0.1) is 5.69 Å². The SMILES string of the molecule is CCCCC(=O)c1ccccc1N(C)C(=O)c1ccccc1. The molecule has 114 valence electrons. The van der Waals surface area contributed by atoms with Gasteiger partial charge in [-0.3, -0.25) is 9.59 Å². The topological polar surface area (TPSA) is 37.4 Å². The largest absolute Gasteiger partial charge is 0.311 e. The summed E-state index contributed by atoms with van der Waals surface area (Å²) < 4.78 is 0. The Kier molecular flexibility index (Phi) is 5.48. The van der Waals surface area contributed by atoms with Crippen molar-refractivity contribution in [2.45, 2.75) is 26.2 Å². The molecule has 0 saturated heterocycles. The van der Waals surface area contributed by atoms with Crippen molar-refractivity contribution >= 4 is 17.4 Å². The van der Waals surface area contributed by atoms with E-state index in [4.69, 9.17) is 0 Å². The van der Waals surface area contributed by atoms with Crippen molar-refractivity contribution in [3.05, 3.63) is 65.7 Å². The van der Waals surface area contributed by atoms with Gasteiger partial charge in [-0.25, -0.2) is 0 Å². The number of hydrogen-bond acceptors (Lipinski definition) is 2. The summed E-state index contributed by atoms with van der Waals surface area (Å²) in [7, 11) is 1.71. The number of benzene rings is 2. The standard InChI is InChI=1S/C19H21NO2/c1-3-4-14-18(21)16-12-8-9-13-17(16)20(2)19(22)15-10-6-5-7-11-15/h5-13H,3-4,14H2,1-2H3. The first-order valence-electron chi connectivity index (χ1n) is 7.60. The second kappa shape index (κ2) is 7.55. The number of Topliss-reactive ketones (excluding diaryl/α,β-unsaturated/α-hetero) is 1. The Balaban J connectivity index is 2.28. The van der Waals surface area contributed by atoms with E-state index in [1.807, 2.05) is 36.4 Å². The van der Waals surface area contributed by atoms with Gasteiger partial charge in [-0.2, -0.15) is 0 Å². The van der Waals surface area contributed by atoms with Gasteiger partial charge in [0.1, 0.15) is 0 Å². The molecule has 3 heteroatoms. The van der Waals surface area contributed by atoms with E-state index in [1.165, 1.54) is 0 Å². The summed E-state index contributed by atoms with van der Waals surface area (Å²) in [6.45, 7) is 2.06. The second-order valence-corrected chi connectivity index (χ2v) is 5.27. The van der Waals surface area contributed by atoms with Crippen LogP contribution in [0.4, 0.5) is 5.69 Å². The van der Waals surface area contributed by atoms with Crippen LogP contribution < -0.4 is 4.90 Å². The first-order chi connectivity index (χ1) is 10.6. The average Bonchev–Trinajstić information content (AvgIpc) is 2.59. The van der Waals surface area contributed by atoms with Crippen LogP contribution in [0.2, 0.25) is 0 Å². The Bertz CT molecular complexity index is 649. The molecule has 0 unspecified atom stereocenters. The number of amides is 1. The normalized spacial score (nSPS) is 10.3. The summed E-state index contributed by atoms with van der Waals surface area (Å²) in [6.07, 6.45) is 2.36. The highest BCUT2D eigenvalue weighted by Gasteiger charge is 2.18. The maximum atomic E-state index is 12.5. The van der Waals surface area contributed by atoms with Crippen molar-refractivity contribution in [2.24, 2.45) is 0 Å². The number of hydrogen-bond donors (Lipinski definition) is 0. The molecule has 0 spiro atoms. The lowest BCUT2D eigenvalue weighted by atomic mass is 10.0. The van der Waals surface area contributed by atoms with Gasteiger partial charge < -0.3 is 4.90 Å². The number of ketones is 1. The lowest BCUT2D eigenvalue weighted by Crippen LogP contribution is -2.27. The molecule has 0 aliphatic carbocycles. The molecule has 0 bridgehead atoms. The maximum absolute atomic E-state index is 12.5. The maximum Gasteiger partial charge on any atom is 0.258 e. The van der Waals surface area contributed by atoms with E-state index in [0.717, 1.165) is 12.8 Å². The Morgan fingerprint density at radius 3 is 2.27 bits per heavy atom. The first-order valence-corrected chi connectivity index (χ1v) is 7.60. The predicted octanol–water partition coefficient (Wildman–Crippen LogP) is 4.34. The molecule has 1 amide bonds. The summed E-state index contributed by atoms with van der Waals surface area (Å²) in [5.41, 5.74) is 1.89. The molecule has 3 nitrogen and oxygen atoms in total. The zero-order valence-corrected chi connectivity index (χ0v) is 13.1. The molecule has 0 radical (unpaired) electrons. The van der Waals surface area contributed by atoms with Crippen LogP contribution in [0.5, 0.6) is 0 Å². The van der Waals surface area contributed by atoms with Crippen LogP contribution in [0, 0.1) is 0 Å². The molecule has 22 heavy (non-hydrogen) atoms. The molecule has 0 aromatic heterocycles. The van der Waals surface area contributed by atoms with E-state index in [2.05, 4.69) is 6.92 Å². The molecular formula is C19H21NO2. The number of carbonyl (C=O) groups excluding carboxylic acids is 2. The van der Waals surface area contributed by atoms with Gasteiger partial charge >= 0.3 is 0 Å². The quantitative estimate of drug-likeness (QED) is 0.744. The number of anilines is 1. The molecular weight excluding hydrogens is 274 g/mol. The fourth-order valence-electron chi connectivity index (χ4n) is 2.36. The van der Waals surface area contributed by atoms with Crippen LogP contribution in [0.15, 0.2) is 54.6 Å². The van der Waals surface area contributed by atoms with Crippen LogP contribution in [0.25, 0.3) is 0 Å². The molecule has 0 aliphatic rings. The highest BCUT2D eigenvalue weighted by atomic mass is 16.2. The third-order valence-corrected chi connectivity index (χ3v) is 3.65. The average molecular weight is 295 g/mol. The van der Waals surface area contributed by atoms with Gasteiger partial charge in [0, 0.05) is 24.6 Å². The predicted molar refractivity (Wildman–Crippen MR) is 89.5 cm³/mol. The number of carbonyl (C=O) groups is 2. The number of para-hydroxylation sites is 1. The van der Waals surface area contributed by atoms with Crippen molar-refractivity contribution in [2.75, 3.05) is 11.9 Å². The monoisotopic (exact) mass is 295 g/mol. The Morgan fingerprint density at radius 1 is 0.955 bits per heavy atom. The Labute approximate surface area is 131 Å². The molecule has 2 rings (SSSR count). The van der Waals surface area contributed by atoms with Crippen molar-refractivity contribution in [1.82, 2.24) is 0 Å². The van der Waals surface area contributed by atoms with E-state index >= 15 is 0 Å². The Hall–Kier alpha value is -2.42. The minimum atomic E-state index is -0.114. The summed E-state index contributed by atoms with van der Waals surface area (Å²) >= 11 is 0. The third kappa shape index (κ3) is 3.61. The molecule has 2 aromatic rings. The Morgan fingerprint density at radius 2 is 1.59 bits per heavy atom. The van der Waals surface area contributed by atoms with Gasteiger partial charge in [-0.15, -0.1) is 0 Å². The molecule has 0 heterocycles. The zero-order valence-electron chi connectivity index (χ0n) is 13.1. The number of rotatable bonds is 6. The summed E-state index contributed by atoms with van der Waals surface area (Å²) in [6, 6.07) is 16.4. The van der Waals surface area contributed by atoms with Crippen molar-refractivity contribution in [3.63, 3.8) is 0 Å². The minimum absolute atomic E-state index is 0.0881. The van der Waals surface area contributed by atoms with E-state index in [-0.39, 0.29) is 11.7 Å². The molecule has 2 aromatic carbocycles. The van der Waals surface area contributed by atoms with Crippen LogP contribution in [-0.2, 0) is 0 Å². The second-order valence-electron chi connectivity index (χ2n) is 5.27. The van der Waals surface area contributed by atoms with Gasteiger partial charge in [0.15, 0.2) is 5.78 Å². The van der Waals surface area contributed by atoms with Gasteiger partial charge in [-0.1, -0.05) is 43.7 Å². The van der Waals surface area contributed by atoms with Crippen molar-refractivity contribution in [3.8, 4) is 0 Å². The molecule has 0 fully saturated rings. The van der Waals surface area contributed by atoms with Crippen molar-refractivity contribution in [1.29, 1.82) is 0 Å². The number of nitrogens with zero attached hydrogens (tertiary/aromatic N) is 1. The van der Waals surface area contributed by atoms with E-state index < -0.39 is 0 Å². The lowest BCUT2D eigenvalue weighted by molar-refractivity contribution is 0.0980. The van der Waals surface area contributed by atoms with Gasteiger partial charge in [-0.05, 0) is 30.7 Å². The highest BCUT2D eigenvalue weighted by molar-refractivity contribution is 6.10. The minimum Gasteiger partial charge on any atom is -0.311 e. The van der Waals surface area contributed by atoms with Crippen LogP contribution in [0.1, 0.15) is 46.9 Å².